The number of rotatable bonds is 8. The molecule has 0 atom stereocenters. The molecule has 0 aliphatic heterocycles. The van der Waals surface area contributed by atoms with Crippen LogP contribution in [0.4, 0.5) is 0 Å². The van der Waals surface area contributed by atoms with E-state index in [0.717, 1.165) is 36.4 Å². The second kappa shape index (κ2) is 7.36. The van der Waals surface area contributed by atoms with Crippen LogP contribution in [-0.4, -0.2) is 27.9 Å². The lowest BCUT2D eigenvalue weighted by atomic mass is 10.2. The molecule has 0 bridgehead atoms. The van der Waals surface area contributed by atoms with Crippen molar-refractivity contribution in [1.29, 1.82) is 0 Å². The van der Waals surface area contributed by atoms with Crippen LogP contribution >= 0.6 is 0 Å². The average Bonchev–Trinajstić information content (AvgIpc) is 2.77. The second-order valence-corrected chi connectivity index (χ2v) is 5.74. The molecule has 0 spiro atoms. The van der Waals surface area contributed by atoms with Crippen LogP contribution < -0.4 is 5.32 Å². The van der Waals surface area contributed by atoms with Gasteiger partial charge in [0.05, 0.1) is 17.5 Å². The predicted molar refractivity (Wildman–Crippen MR) is 86.5 cm³/mol. The Labute approximate surface area is 126 Å². The van der Waals surface area contributed by atoms with Crippen molar-refractivity contribution in [2.45, 2.75) is 52.6 Å². The number of imidazole rings is 1. The number of para-hydroxylation sites is 2. The van der Waals surface area contributed by atoms with E-state index in [1.807, 2.05) is 18.2 Å². The number of nitrogens with one attached hydrogen (secondary N) is 1. The Balaban J connectivity index is 2.10. The van der Waals surface area contributed by atoms with E-state index in [9.17, 15) is 4.79 Å². The molecular formula is C17H25N3O. The fourth-order valence-corrected chi connectivity index (χ4v) is 2.50. The zero-order chi connectivity index (χ0) is 15.2. The second-order valence-electron chi connectivity index (χ2n) is 5.74. The number of nitrogens with zero attached hydrogens (tertiary/aromatic N) is 2. The molecule has 4 nitrogen and oxygen atoms in total. The van der Waals surface area contributed by atoms with Crippen LogP contribution in [0.15, 0.2) is 24.3 Å². The van der Waals surface area contributed by atoms with Gasteiger partial charge in [0.25, 0.3) is 0 Å². The molecule has 1 heterocycles. The fourth-order valence-electron chi connectivity index (χ4n) is 2.50. The first-order chi connectivity index (χ1) is 10.1. The van der Waals surface area contributed by atoms with E-state index in [1.165, 1.54) is 0 Å². The lowest BCUT2D eigenvalue weighted by Gasteiger charge is -2.09. The number of ketones is 1. The molecule has 1 aromatic carbocycles. The lowest BCUT2D eigenvalue weighted by molar-refractivity contribution is -0.118. The number of carbonyl (C=O) groups excluding carboxylic acids is 1. The number of hydrogen-bond donors (Lipinski definition) is 1. The van der Waals surface area contributed by atoms with Crippen LogP contribution in [-0.2, 0) is 17.8 Å². The summed E-state index contributed by atoms with van der Waals surface area (Å²) in [5, 5.41) is 3.28. The van der Waals surface area contributed by atoms with Crippen molar-refractivity contribution >= 4 is 16.8 Å². The predicted octanol–water partition coefficient (Wildman–Crippen LogP) is 2.95. The molecule has 2 aromatic rings. The molecule has 1 N–H and O–H groups in total. The van der Waals surface area contributed by atoms with E-state index in [4.69, 9.17) is 0 Å². The molecule has 0 unspecified atom stereocenters. The van der Waals surface area contributed by atoms with Gasteiger partial charge in [-0.25, -0.2) is 4.98 Å². The maximum absolute atomic E-state index is 12.1. The first kappa shape index (κ1) is 15.7. The molecule has 0 fully saturated rings. The normalized spacial score (nSPS) is 11.4. The highest BCUT2D eigenvalue weighted by molar-refractivity contribution is 5.82. The molecule has 4 heteroatoms. The number of hydrogen-bond acceptors (Lipinski definition) is 3. The van der Waals surface area contributed by atoms with Crippen molar-refractivity contribution in [3.05, 3.63) is 30.1 Å². The van der Waals surface area contributed by atoms with Gasteiger partial charge in [-0.05, 0) is 18.6 Å². The van der Waals surface area contributed by atoms with E-state index in [0.29, 0.717) is 18.9 Å². The summed E-state index contributed by atoms with van der Waals surface area (Å²) in [7, 11) is 0. The molecule has 2 rings (SSSR count). The van der Waals surface area contributed by atoms with Crippen LogP contribution in [0, 0.1) is 0 Å². The lowest BCUT2D eigenvalue weighted by Crippen LogP contribution is -2.26. The van der Waals surface area contributed by atoms with Gasteiger partial charge >= 0.3 is 0 Å². The van der Waals surface area contributed by atoms with Gasteiger partial charge in [0, 0.05) is 25.6 Å². The number of benzene rings is 1. The molecule has 0 saturated carbocycles. The molecule has 21 heavy (non-hydrogen) atoms. The van der Waals surface area contributed by atoms with Gasteiger partial charge in [-0.2, -0.15) is 0 Å². The van der Waals surface area contributed by atoms with Crippen LogP contribution in [0.3, 0.4) is 0 Å². The largest absolute Gasteiger partial charge is 0.328 e. The first-order valence-electron chi connectivity index (χ1n) is 7.81. The Kier molecular flexibility index (Phi) is 5.51. The molecular weight excluding hydrogens is 262 g/mol. The summed E-state index contributed by atoms with van der Waals surface area (Å²) in [4.78, 5) is 16.8. The topological polar surface area (TPSA) is 46.9 Å². The molecule has 0 aliphatic rings. The smallest absolute Gasteiger partial charge is 0.141 e. The van der Waals surface area contributed by atoms with Gasteiger partial charge in [-0.15, -0.1) is 0 Å². The standard InChI is InChI=1S/C17H25N3O/c1-4-11-20-16-8-6-5-7-15(16)19-17(20)12-14(21)9-10-18-13(2)3/h5-8,13,18H,4,9-12H2,1-3H3. The van der Waals surface area contributed by atoms with Gasteiger partial charge < -0.3 is 9.88 Å². The average molecular weight is 287 g/mol. The third kappa shape index (κ3) is 4.14. The fraction of sp³-hybridized carbons (Fsp3) is 0.529. The number of Topliss-reactive ketones (excluding diaryl/α,β-unsaturated/α-hetero) is 1. The summed E-state index contributed by atoms with van der Waals surface area (Å²) in [6, 6.07) is 8.52. The van der Waals surface area contributed by atoms with Crippen molar-refractivity contribution in [3.63, 3.8) is 0 Å². The van der Waals surface area contributed by atoms with Crippen LogP contribution in [0.2, 0.25) is 0 Å². The van der Waals surface area contributed by atoms with E-state index < -0.39 is 0 Å². The minimum Gasteiger partial charge on any atom is -0.328 e. The number of carbonyl (C=O) groups is 1. The molecule has 0 aliphatic carbocycles. The summed E-state index contributed by atoms with van der Waals surface area (Å²) < 4.78 is 2.18. The van der Waals surface area contributed by atoms with Gasteiger partial charge in [0.1, 0.15) is 11.6 Å². The van der Waals surface area contributed by atoms with E-state index in [-0.39, 0.29) is 5.78 Å². The minimum absolute atomic E-state index is 0.246. The maximum Gasteiger partial charge on any atom is 0.141 e. The molecule has 1 aromatic heterocycles. The number of aromatic nitrogens is 2. The summed E-state index contributed by atoms with van der Waals surface area (Å²) in [6.07, 6.45) is 2.03. The Bertz CT molecular complexity index is 601. The van der Waals surface area contributed by atoms with E-state index in [1.54, 1.807) is 0 Å². The Hall–Kier alpha value is -1.68. The highest BCUT2D eigenvalue weighted by Gasteiger charge is 2.13. The third-order valence-corrected chi connectivity index (χ3v) is 3.49. The van der Waals surface area contributed by atoms with E-state index >= 15 is 0 Å². The quantitative estimate of drug-likeness (QED) is 0.812. The molecule has 0 amide bonds. The third-order valence-electron chi connectivity index (χ3n) is 3.49. The van der Waals surface area contributed by atoms with Gasteiger partial charge in [0.2, 0.25) is 0 Å². The maximum atomic E-state index is 12.1. The molecule has 114 valence electrons. The summed E-state index contributed by atoms with van der Waals surface area (Å²) in [5.41, 5.74) is 2.11. The minimum atomic E-state index is 0.246. The van der Waals surface area contributed by atoms with Gasteiger partial charge in [0.15, 0.2) is 0 Å². The summed E-state index contributed by atoms with van der Waals surface area (Å²) in [6.45, 7) is 7.97. The molecule has 0 saturated heterocycles. The van der Waals surface area contributed by atoms with Crippen molar-refractivity contribution in [1.82, 2.24) is 14.9 Å². The summed E-state index contributed by atoms with van der Waals surface area (Å²) >= 11 is 0. The number of fused-ring (bicyclic) bond motifs is 1. The first-order valence-corrected chi connectivity index (χ1v) is 7.81. The van der Waals surface area contributed by atoms with Crippen LogP contribution in [0.25, 0.3) is 11.0 Å². The molecule has 0 radical (unpaired) electrons. The van der Waals surface area contributed by atoms with Crippen molar-refractivity contribution in [2.75, 3.05) is 6.54 Å². The van der Waals surface area contributed by atoms with Crippen LogP contribution in [0.5, 0.6) is 0 Å². The zero-order valence-corrected chi connectivity index (χ0v) is 13.2. The monoisotopic (exact) mass is 287 g/mol. The van der Waals surface area contributed by atoms with Crippen LogP contribution in [0.1, 0.15) is 39.4 Å². The van der Waals surface area contributed by atoms with Gasteiger partial charge in [-0.1, -0.05) is 32.9 Å². The van der Waals surface area contributed by atoms with Crippen molar-refractivity contribution < 1.29 is 4.79 Å². The Morgan fingerprint density at radius 1 is 1.33 bits per heavy atom. The highest BCUT2D eigenvalue weighted by atomic mass is 16.1. The zero-order valence-electron chi connectivity index (χ0n) is 13.2. The Morgan fingerprint density at radius 3 is 2.81 bits per heavy atom. The number of aryl methyl sites for hydroxylation is 1. The summed E-state index contributed by atoms with van der Waals surface area (Å²) in [5.74, 6) is 1.14. The highest BCUT2D eigenvalue weighted by Crippen LogP contribution is 2.17. The van der Waals surface area contributed by atoms with Crippen molar-refractivity contribution in [2.24, 2.45) is 0 Å². The van der Waals surface area contributed by atoms with Crippen molar-refractivity contribution in [3.8, 4) is 0 Å². The Morgan fingerprint density at radius 2 is 2.10 bits per heavy atom. The SMILES string of the molecule is CCCn1c(CC(=O)CCNC(C)C)nc2ccccc21. The van der Waals surface area contributed by atoms with Gasteiger partial charge in [-0.3, -0.25) is 4.79 Å². The van der Waals surface area contributed by atoms with E-state index in [2.05, 4.69) is 41.7 Å².